The summed E-state index contributed by atoms with van der Waals surface area (Å²) in [7, 11) is 0. The summed E-state index contributed by atoms with van der Waals surface area (Å²) in [5.74, 6) is -0.187. The van der Waals surface area contributed by atoms with Gasteiger partial charge in [0.1, 0.15) is 0 Å². The minimum absolute atomic E-state index is 0.0422. The second kappa shape index (κ2) is 12.6. The third-order valence-corrected chi connectivity index (χ3v) is 7.25. The van der Waals surface area contributed by atoms with Crippen LogP contribution in [0.5, 0.6) is 0 Å². The van der Waals surface area contributed by atoms with Gasteiger partial charge in [0, 0.05) is 76.9 Å². The van der Waals surface area contributed by atoms with Crippen molar-refractivity contribution in [3.05, 3.63) is 82.8 Å². The lowest BCUT2D eigenvalue weighted by Crippen LogP contribution is -2.38. The van der Waals surface area contributed by atoms with E-state index in [9.17, 15) is 9.59 Å². The third kappa shape index (κ3) is 6.58. The van der Waals surface area contributed by atoms with Crippen LogP contribution >= 0.6 is 11.3 Å². The van der Waals surface area contributed by atoms with E-state index < -0.39 is 0 Å². The number of rotatable bonds is 6. The quantitative estimate of drug-likeness (QED) is 0.351. The number of aromatic nitrogens is 2. The van der Waals surface area contributed by atoms with Crippen molar-refractivity contribution in [2.45, 2.75) is 46.2 Å². The maximum absolute atomic E-state index is 12.8. The molecule has 0 radical (unpaired) electrons. The molecule has 8 heteroatoms. The highest BCUT2D eigenvalue weighted by atomic mass is 32.1. The van der Waals surface area contributed by atoms with Crippen LogP contribution in [0.15, 0.2) is 61.2 Å². The van der Waals surface area contributed by atoms with Crippen molar-refractivity contribution < 1.29 is 14.3 Å². The SMILES string of the molecule is CC.Cc1sc(-c2cncc(CNC(=O)c3ccc4cnccc4c3)c2)cc1C(=O)NC1CCOCC1. The molecule has 2 N–H and O–H groups in total. The van der Waals surface area contributed by atoms with Crippen LogP contribution in [-0.4, -0.2) is 41.0 Å². The van der Waals surface area contributed by atoms with Gasteiger partial charge >= 0.3 is 0 Å². The summed E-state index contributed by atoms with van der Waals surface area (Å²) >= 11 is 1.57. The first kappa shape index (κ1) is 26.4. The molecule has 1 fully saturated rings. The van der Waals surface area contributed by atoms with E-state index >= 15 is 0 Å². The molecule has 4 heterocycles. The van der Waals surface area contributed by atoms with Gasteiger partial charge in [0.05, 0.1) is 5.56 Å². The summed E-state index contributed by atoms with van der Waals surface area (Å²) in [4.78, 5) is 35.9. The van der Waals surface area contributed by atoms with Crippen molar-refractivity contribution >= 4 is 33.9 Å². The largest absolute Gasteiger partial charge is 0.381 e. The number of nitrogens with zero attached hydrogens (tertiary/aromatic N) is 2. The van der Waals surface area contributed by atoms with E-state index in [1.165, 1.54) is 0 Å². The number of thiophene rings is 1. The molecule has 2 amide bonds. The van der Waals surface area contributed by atoms with Gasteiger partial charge < -0.3 is 15.4 Å². The zero-order chi connectivity index (χ0) is 26.2. The first-order valence-electron chi connectivity index (χ1n) is 12.6. The van der Waals surface area contributed by atoms with Crippen LogP contribution in [0, 0.1) is 6.92 Å². The van der Waals surface area contributed by atoms with Crippen LogP contribution in [0.3, 0.4) is 0 Å². The predicted molar refractivity (Wildman–Crippen MR) is 148 cm³/mol. The van der Waals surface area contributed by atoms with Crippen molar-refractivity contribution in [3.63, 3.8) is 0 Å². The summed E-state index contributed by atoms with van der Waals surface area (Å²) in [6.45, 7) is 7.69. The first-order valence-corrected chi connectivity index (χ1v) is 13.4. The lowest BCUT2D eigenvalue weighted by molar-refractivity contribution is 0.0696. The number of hydrogen-bond acceptors (Lipinski definition) is 6. The summed E-state index contributed by atoms with van der Waals surface area (Å²) in [5.41, 5.74) is 3.11. The van der Waals surface area contributed by atoms with Gasteiger partial charge in [-0.15, -0.1) is 11.3 Å². The highest BCUT2D eigenvalue weighted by Gasteiger charge is 2.20. The Morgan fingerprint density at radius 2 is 1.78 bits per heavy atom. The summed E-state index contributed by atoms with van der Waals surface area (Å²) in [6.07, 6.45) is 8.71. The fourth-order valence-electron chi connectivity index (χ4n) is 4.18. The molecule has 0 unspecified atom stereocenters. The monoisotopic (exact) mass is 516 g/mol. The van der Waals surface area contributed by atoms with E-state index in [1.807, 2.05) is 51.1 Å². The van der Waals surface area contributed by atoms with E-state index in [-0.39, 0.29) is 17.9 Å². The zero-order valence-corrected chi connectivity index (χ0v) is 22.2. The molecule has 3 aromatic heterocycles. The Kier molecular flexibility index (Phi) is 8.98. The highest BCUT2D eigenvalue weighted by molar-refractivity contribution is 7.15. The Balaban J connectivity index is 0.00000156. The first-order chi connectivity index (χ1) is 18.1. The molecular weight excluding hydrogens is 484 g/mol. The standard InChI is InChI=1S/C27H26N4O3S.C2H6/c1-17-24(27(33)31-23-5-8-34-9-6-23)12-25(35-17)22-10-18(13-29-16-22)14-30-26(32)20-2-3-21-15-28-7-4-19(21)11-20;1-2/h2-4,7,10-13,15-16,23H,5-6,8-9,14H2,1H3,(H,30,32)(H,31,33);1-2H3. The minimum Gasteiger partial charge on any atom is -0.381 e. The number of carbonyl (C=O) groups is 2. The number of amides is 2. The van der Waals surface area contributed by atoms with Crippen molar-refractivity contribution in [1.82, 2.24) is 20.6 Å². The van der Waals surface area contributed by atoms with Crippen molar-refractivity contribution in [2.24, 2.45) is 0 Å². The molecule has 37 heavy (non-hydrogen) atoms. The van der Waals surface area contributed by atoms with Crippen LogP contribution < -0.4 is 10.6 Å². The van der Waals surface area contributed by atoms with Crippen molar-refractivity contribution in [2.75, 3.05) is 13.2 Å². The second-order valence-corrected chi connectivity index (χ2v) is 9.90. The van der Waals surface area contributed by atoms with E-state index in [1.54, 1.807) is 42.2 Å². The normalized spacial score (nSPS) is 13.5. The Morgan fingerprint density at radius 3 is 2.59 bits per heavy atom. The molecule has 0 saturated carbocycles. The molecule has 0 spiro atoms. The van der Waals surface area contributed by atoms with Gasteiger partial charge in [-0.25, -0.2) is 0 Å². The summed E-state index contributed by atoms with van der Waals surface area (Å²) < 4.78 is 5.38. The molecule has 0 aliphatic carbocycles. The van der Waals surface area contributed by atoms with Crippen LogP contribution in [0.4, 0.5) is 0 Å². The van der Waals surface area contributed by atoms with E-state index in [4.69, 9.17) is 4.74 Å². The number of benzene rings is 1. The van der Waals surface area contributed by atoms with Crippen molar-refractivity contribution in [1.29, 1.82) is 0 Å². The van der Waals surface area contributed by atoms with Gasteiger partial charge in [-0.3, -0.25) is 19.6 Å². The van der Waals surface area contributed by atoms with Crippen LogP contribution in [-0.2, 0) is 11.3 Å². The number of hydrogen-bond donors (Lipinski definition) is 2. The fraction of sp³-hybridized carbons (Fsp3) is 0.310. The van der Waals surface area contributed by atoms with Crippen LogP contribution in [0.2, 0.25) is 0 Å². The number of pyridine rings is 2. The van der Waals surface area contributed by atoms with Gasteiger partial charge in [-0.1, -0.05) is 19.9 Å². The maximum Gasteiger partial charge on any atom is 0.252 e. The molecule has 4 aromatic rings. The van der Waals surface area contributed by atoms with Gasteiger partial charge in [-0.05, 0) is 61.0 Å². The number of fused-ring (bicyclic) bond motifs is 1. The predicted octanol–water partition coefficient (Wildman–Crippen LogP) is 5.53. The Hall–Kier alpha value is -3.62. The Morgan fingerprint density at radius 1 is 0.973 bits per heavy atom. The minimum atomic E-state index is -0.145. The van der Waals surface area contributed by atoms with Crippen molar-refractivity contribution in [3.8, 4) is 10.4 Å². The van der Waals surface area contributed by atoms with Gasteiger partial charge in [-0.2, -0.15) is 0 Å². The molecule has 7 nitrogen and oxygen atoms in total. The van der Waals surface area contributed by atoms with Crippen LogP contribution in [0.1, 0.15) is 57.8 Å². The molecule has 1 aromatic carbocycles. The molecule has 1 saturated heterocycles. The molecule has 192 valence electrons. The highest BCUT2D eigenvalue weighted by Crippen LogP contribution is 2.31. The molecule has 5 rings (SSSR count). The smallest absolute Gasteiger partial charge is 0.252 e. The van der Waals surface area contributed by atoms with E-state index in [2.05, 4.69) is 20.6 Å². The zero-order valence-electron chi connectivity index (χ0n) is 21.4. The van der Waals surface area contributed by atoms with Gasteiger partial charge in [0.2, 0.25) is 0 Å². The second-order valence-electron chi connectivity index (χ2n) is 8.64. The molecule has 1 aliphatic heterocycles. The third-order valence-electron chi connectivity index (χ3n) is 6.15. The topological polar surface area (TPSA) is 93.2 Å². The van der Waals surface area contributed by atoms with E-state index in [0.29, 0.717) is 30.9 Å². The van der Waals surface area contributed by atoms with Crippen LogP contribution in [0.25, 0.3) is 21.2 Å². The lowest BCUT2D eigenvalue weighted by atomic mass is 10.1. The average Bonchev–Trinajstić information content (AvgIpc) is 3.35. The molecular formula is C29H32N4O3S. The Bertz CT molecular complexity index is 1380. The number of carbonyl (C=O) groups excluding carboxylic acids is 2. The van der Waals surface area contributed by atoms with Gasteiger partial charge in [0.25, 0.3) is 11.8 Å². The summed E-state index contributed by atoms with van der Waals surface area (Å²) in [6, 6.07) is 11.5. The maximum atomic E-state index is 12.8. The molecule has 0 atom stereocenters. The fourth-order valence-corrected chi connectivity index (χ4v) is 5.18. The molecule has 0 bridgehead atoms. The lowest BCUT2D eigenvalue weighted by Gasteiger charge is -2.23. The number of nitrogens with one attached hydrogen (secondary N) is 2. The summed E-state index contributed by atoms with van der Waals surface area (Å²) in [5, 5.41) is 8.07. The number of ether oxygens (including phenoxy) is 1. The Labute approximate surface area is 221 Å². The average molecular weight is 517 g/mol. The molecule has 1 aliphatic rings. The van der Waals surface area contributed by atoms with E-state index in [0.717, 1.165) is 44.5 Å². The number of aryl methyl sites for hydroxylation is 1. The van der Waals surface area contributed by atoms with Gasteiger partial charge in [0.15, 0.2) is 0 Å².